The SMILES string of the molecule is CN=C(NCCCCc1ccc([N+](=O)[O-])cc1)N1CCN(C(C)C(=O)N2CCCC2)CC1.I. The zero-order chi connectivity index (χ0) is 22.9. The number of non-ortho nitro benzene ring substituents is 1. The minimum Gasteiger partial charge on any atom is -0.356 e. The highest BCUT2D eigenvalue weighted by Crippen LogP contribution is 2.15. The monoisotopic (exact) mass is 572 g/mol. The Bertz CT molecular complexity index is 790. The normalized spacial score (nSPS) is 18.1. The summed E-state index contributed by atoms with van der Waals surface area (Å²) < 4.78 is 0. The molecule has 0 radical (unpaired) electrons. The first kappa shape index (κ1) is 27.3. The van der Waals surface area contributed by atoms with Gasteiger partial charge in [-0.25, -0.2) is 0 Å². The van der Waals surface area contributed by atoms with E-state index >= 15 is 0 Å². The van der Waals surface area contributed by atoms with Gasteiger partial charge in [-0.1, -0.05) is 12.1 Å². The van der Waals surface area contributed by atoms with Crippen molar-refractivity contribution in [3.63, 3.8) is 0 Å². The summed E-state index contributed by atoms with van der Waals surface area (Å²) in [7, 11) is 1.81. The molecule has 3 rings (SSSR count). The average molecular weight is 572 g/mol. The molecule has 1 aromatic carbocycles. The lowest BCUT2D eigenvalue weighted by Crippen LogP contribution is -2.57. The van der Waals surface area contributed by atoms with E-state index in [1.165, 1.54) is 0 Å². The first-order chi connectivity index (χ1) is 15.5. The highest BCUT2D eigenvalue weighted by Gasteiger charge is 2.30. The van der Waals surface area contributed by atoms with E-state index in [9.17, 15) is 14.9 Å². The highest BCUT2D eigenvalue weighted by molar-refractivity contribution is 14.0. The van der Waals surface area contributed by atoms with Crippen molar-refractivity contribution in [2.75, 3.05) is 52.9 Å². The summed E-state index contributed by atoms with van der Waals surface area (Å²) in [5.74, 6) is 1.19. The molecule has 10 heteroatoms. The Kier molecular flexibility index (Phi) is 11.3. The molecule has 2 fully saturated rings. The van der Waals surface area contributed by atoms with Crippen LogP contribution in [0.2, 0.25) is 0 Å². The average Bonchev–Trinajstić information content (AvgIpc) is 3.36. The van der Waals surface area contributed by atoms with Crippen LogP contribution < -0.4 is 5.32 Å². The number of rotatable bonds is 8. The number of carbonyl (C=O) groups is 1. The molecule has 0 spiro atoms. The molecule has 1 N–H and O–H groups in total. The summed E-state index contributed by atoms with van der Waals surface area (Å²) in [4.78, 5) is 34.0. The van der Waals surface area contributed by atoms with Gasteiger partial charge in [0.15, 0.2) is 5.96 Å². The third-order valence-corrected chi connectivity index (χ3v) is 6.47. The molecule has 33 heavy (non-hydrogen) atoms. The van der Waals surface area contributed by atoms with Gasteiger partial charge in [0, 0.05) is 65.0 Å². The molecule has 9 nitrogen and oxygen atoms in total. The Hall–Kier alpha value is -1.95. The van der Waals surface area contributed by atoms with Crippen LogP contribution >= 0.6 is 24.0 Å². The Morgan fingerprint density at radius 3 is 2.27 bits per heavy atom. The molecular weight excluding hydrogens is 535 g/mol. The van der Waals surface area contributed by atoms with Crippen molar-refractivity contribution in [2.24, 2.45) is 4.99 Å². The van der Waals surface area contributed by atoms with Gasteiger partial charge in [-0.2, -0.15) is 0 Å². The molecule has 1 atom stereocenters. The number of nitro groups is 1. The van der Waals surface area contributed by atoms with Crippen LogP contribution in [0, 0.1) is 10.1 Å². The number of hydrogen-bond acceptors (Lipinski definition) is 5. The minimum absolute atomic E-state index is 0. The molecule has 1 amide bonds. The quantitative estimate of drug-likeness (QED) is 0.129. The Morgan fingerprint density at radius 2 is 1.70 bits per heavy atom. The number of nitrogens with one attached hydrogen (secondary N) is 1. The first-order valence-electron chi connectivity index (χ1n) is 11.7. The molecule has 184 valence electrons. The van der Waals surface area contributed by atoms with E-state index in [2.05, 4.69) is 20.1 Å². The first-order valence-corrected chi connectivity index (χ1v) is 11.7. The second-order valence-corrected chi connectivity index (χ2v) is 8.59. The van der Waals surface area contributed by atoms with Gasteiger partial charge in [0.1, 0.15) is 0 Å². The van der Waals surface area contributed by atoms with Crippen molar-refractivity contribution in [2.45, 2.75) is 45.1 Å². The molecule has 1 aromatic rings. The molecule has 2 aliphatic rings. The van der Waals surface area contributed by atoms with Crippen LogP contribution in [0.3, 0.4) is 0 Å². The molecule has 0 saturated carbocycles. The fraction of sp³-hybridized carbons (Fsp3) is 0.652. The lowest BCUT2D eigenvalue weighted by molar-refractivity contribution is -0.384. The third kappa shape index (κ3) is 7.80. The van der Waals surface area contributed by atoms with Gasteiger partial charge in [0.2, 0.25) is 5.91 Å². The Morgan fingerprint density at radius 1 is 1.06 bits per heavy atom. The smallest absolute Gasteiger partial charge is 0.269 e. The van der Waals surface area contributed by atoms with E-state index in [1.807, 2.05) is 31.0 Å². The molecule has 0 bridgehead atoms. The van der Waals surface area contributed by atoms with Gasteiger partial charge >= 0.3 is 0 Å². The number of amides is 1. The number of nitrogens with zero attached hydrogens (tertiary/aromatic N) is 5. The molecular formula is C23H37IN6O3. The molecule has 0 aromatic heterocycles. The van der Waals surface area contributed by atoms with E-state index in [0.29, 0.717) is 0 Å². The standard InChI is InChI=1S/C23H36N6O3.HI/c1-19(22(30)27-13-5-6-14-27)26-15-17-28(18-16-26)23(24-2)25-12-4-3-7-20-8-10-21(11-9-20)29(31)32;/h8-11,19H,3-7,12-18H2,1-2H3,(H,24,25);1H. The number of hydrogen-bond donors (Lipinski definition) is 1. The van der Waals surface area contributed by atoms with Gasteiger partial charge in [-0.05, 0) is 44.6 Å². The summed E-state index contributed by atoms with van der Waals surface area (Å²) >= 11 is 0. The summed E-state index contributed by atoms with van der Waals surface area (Å²) in [6.07, 6.45) is 5.16. The third-order valence-electron chi connectivity index (χ3n) is 6.47. The van der Waals surface area contributed by atoms with Gasteiger partial charge in [-0.15, -0.1) is 24.0 Å². The second-order valence-electron chi connectivity index (χ2n) is 8.59. The van der Waals surface area contributed by atoms with Crippen molar-refractivity contribution in [1.29, 1.82) is 0 Å². The number of guanidine groups is 1. The number of halogens is 1. The largest absolute Gasteiger partial charge is 0.356 e. The molecule has 0 aliphatic carbocycles. The van der Waals surface area contributed by atoms with Crippen molar-refractivity contribution in [3.8, 4) is 0 Å². The van der Waals surface area contributed by atoms with E-state index in [4.69, 9.17) is 0 Å². The fourth-order valence-electron chi connectivity index (χ4n) is 4.45. The highest BCUT2D eigenvalue weighted by atomic mass is 127. The van der Waals surface area contributed by atoms with E-state index in [1.54, 1.807) is 12.1 Å². The number of likely N-dealkylation sites (tertiary alicyclic amines) is 1. The van der Waals surface area contributed by atoms with E-state index < -0.39 is 0 Å². The number of aliphatic imine (C=N–C) groups is 1. The predicted molar refractivity (Wildman–Crippen MR) is 141 cm³/mol. The van der Waals surface area contributed by atoms with Crippen molar-refractivity contribution < 1.29 is 9.72 Å². The Balaban J connectivity index is 0.00000385. The number of aryl methyl sites for hydroxylation is 1. The predicted octanol–water partition coefficient (Wildman–Crippen LogP) is 2.74. The lowest BCUT2D eigenvalue weighted by Gasteiger charge is -2.39. The molecule has 2 saturated heterocycles. The number of carbonyl (C=O) groups excluding carboxylic acids is 1. The maximum absolute atomic E-state index is 12.7. The van der Waals surface area contributed by atoms with Crippen LogP contribution in [0.15, 0.2) is 29.3 Å². The topological polar surface area (TPSA) is 94.3 Å². The fourth-order valence-corrected chi connectivity index (χ4v) is 4.45. The summed E-state index contributed by atoms with van der Waals surface area (Å²) in [5, 5.41) is 14.2. The minimum atomic E-state index is -0.370. The van der Waals surface area contributed by atoms with Gasteiger partial charge in [-0.3, -0.25) is 24.8 Å². The zero-order valence-corrected chi connectivity index (χ0v) is 22.1. The number of nitro benzene ring substituents is 1. The molecule has 1 unspecified atom stereocenters. The van der Waals surface area contributed by atoms with Crippen LogP contribution in [-0.4, -0.2) is 90.4 Å². The Labute approximate surface area is 213 Å². The summed E-state index contributed by atoms with van der Waals surface area (Å²) in [5.41, 5.74) is 1.25. The van der Waals surface area contributed by atoms with Crippen molar-refractivity contribution >= 4 is 41.5 Å². The van der Waals surface area contributed by atoms with Gasteiger partial charge < -0.3 is 15.1 Å². The second kappa shape index (κ2) is 13.7. The van der Waals surface area contributed by atoms with Crippen LogP contribution in [0.25, 0.3) is 0 Å². The van der Waals surface area contributed by atoms with Gasteiger partial charge in [0.05, 0.1) is 11.0 Å². The maximum Gasteiger partial charge on any atom is 0.269 e. The van der Waals surface area contributed by atoms with Crippen molar-refractivity contribution in [1.82, 2.24) is 20.0 Å². The van der Waals surface area contributed by atoms with Crippen LogP contribution in [-0.2, 0) is 11.2 Å². The van der Waals surface area contributed by atoms with Crippen LogP contribution in [0.1, 0.15) is 38.2 Å². The number of unbranched alkanes of at least 4 members (excludes halogenated alkanes) is 1. The lowest BCUT2D eigenvalue weighted by atomic mass is 10.1. The summed E-state index contributed by atoms with van der Waals surface area (Å²) in [6, 6.07) is 6.74. The van der Waals surface area contributed by atoms with E-state index in [-0.39, 0.29) is 46.5 Å². The molecule has 2 aliphatic heterocycles. The zero-order valence-electron chi connectivity index (χ0n) is 19.7. The maximum atomic E-state index is 12.7. The van der Waals surface area contributed by atoms with Crippen LogP contribution in [0.5, 0.6) is 0 Å². The van der Waals surface area contributed by atoms with Crippen LogP contribution in [0.4, 0.5) is 5.69 Å². The van der Waals surface area contributed by atoms with Gasteiger partial charge in [0.25, 0.3) is 5.69 Å². The van der Waals surface area contributed by atoms with Crippen molar-refractivity contribution in [3.05, 3.63) is 39.9 Å². The number of piperazine rings is 1. The molecule has 2 heterocycles. The summed E-state index contributed by atoms with van der Waals surface area (Å²) in [6.45, 7) is 8.13. The number of benzene rings is 1. The van der Waals surface area contributed by atoms with E-state index in [0.717, 1.165) is 89.4 Å².